The molecule has 0 radical (unpaired) electrons. The van der Waals surface area contributed by atoms with E-state index in [1.807, 2.05) is 24.4 Å². The summed E-state index contributed by atoms with van der Waals surface area (Å²) < 4.78 is 5.56. The number of hydrogen-bond donors (Lipinski definition) is 2. The summed E-state index contributed by atoms with van der Waals surface area (Å²) in [4.78, 5) is 25.1. The highest BCUT2D eigenvalue weighted by Gasteiger charge is 2.09. The molecule has 0 aliphatic heterocycles. The van der Waals surface area contributed by atoms with Crippen molar-refractivity contribution in [1.82, 2.24) is 0 Å². The maximum atomic E-state index is 12.4. The number of ether oxygens (including phenoxy) is 1. The Morgan fingerprint density at radius 1 is 0.926 bits per heavy atom. The zero-order chi connectivity index (χ0) is 19.1. The molecule has 3 rings (SSSR count). The topological polar surface area (TPSA) is 67.4 Å². The molecule has 0 saturated carbocycles. The van der Waals surface area contributed by atoms with Crippen LogP contribution in [0.2, 0.25) is 0 Å². The number of hydrogen-bond acceptors (Lipinski definition) is 4. The molecule has 3 aromatic rings. The van der Waals surface area contributed by atoms with Crippen LogP contribution < -0.4 is 15.4 Å². The normalized spacial score (nSPS) is 10.3. The van der Waals surface area contributed by atoms with Gasteiger partial charge in [0, 0.05) is 16.9 Å². The largest absolute Gasteiger partial charge is 0.494 e. The average Bonchev–Trinajstić information content (AvgIpc) is 3.23. The Labute approximate surface area is 162 Å². The lowest BCUT2D eigenvalue weighted by molar-refractivity contribution is 0.102. The molecule has 0 bridgehead atoms. The second-order valence-electron chi connectivity index (χ2n) is 5.84. The van der Waals surface area contributed by atoms with Crippen LogP contribution in [0.15, 0.2) is 66.0 Å². The van der Waals surface area contributed by atoms with Gasteiger partial charge < -0.3 is 15.4 Å². The summed E-state index contributed by atoms with van der Waals surface area (Å²) in [6.45, 7) is 2.65. The first-order valence-corrected chi connectivity index (χ1v) is 9.53. The fraction of sp³-hybridized carbons (Fsp3) is 0.143. The lowest BCUT2D eigenvalue weighted by Gasteiger charge is -2.09. The second kappa shape index (κ2) is 9.00. The third-order valence-electron chi connectivity index (χ3n) is 3.71. The van der Waals surface area contributed by atoms with E-state index >= 15 is 0 Å². The zero-order valence-corrected chi connectivity index (χ0v) is 15.7. The Balaban J connectivity index is 1.61. The standard InChI is InChI=1S/C21H20N2O3S/c1-2-12-26-18-6-3-5-15(14-18)20(24)22-16-8-10-17(11-9-16)23-21(25)19-7-4-13-27-19/h3-11,13-14H,2,12H2,1H3,(H,22,24)(H,23,25). The summed E-state index contributed by atoms with van der Waals surface area (Å²) in [7, 11) is 0. The molecule has 0 aliphatic rings. The van der Waals surface area contributed by atoms with Gasteiger partial charge in [-0.2, -0.15) is 0 Å². The summed E-state index contributed by atoms with van der Waals surface area (Å²) in [6, 6.07) is 17.7. The molecule has 0 saturated heterocycles. The predicted octanol–water partition coefficient (Wildman–Crippen LogP) is 5.04. The Morgan fingerprint density at radius 2 is 1.63 bits per heavy atom. The molecule has 1 aromatic heterocycles. The van der Waals surface area contributed by atoms with E-state index in [1.165, 1.54) is 11.3 Å². The van der Waals surface area contributed by atoms with Gasteiger partial charge in [0.15, 0.2) is 0 Å². The average molecular weight is 380 g/mol. The Hall–Kier alpha value is -3.12. The van der Waals surface area contributed by atoms with E-state index in [-0.39, 0.29) is 11.8 Å². The van der Waals surface area contributed by atoms with Crippen molar-refractivity contribution in [3.8, 4) is 5.75 Å². The molecule has 138 valence electrons. The number of thiophene rings is 1. The highest BCUT2D eigenvalue weighted by molar-refractivity contribution is 7.12. The lowest BCUT2D eigenvalue weighted by Crippen LogP contribution is -2.13. The van der Waals surface area contributed by atoms with Crippen molar-refractivity contribution >= 4 is 34.5 Å². The molecule has 6 heteroatoms. The maximum absolute atomic E-state index is 12.4. The van der Waals surface area contributed by atoms with E-state index < -0.39 is 0 Å². The van der Waals surface area contributed by atoms with E-state index in [1.54, 1.807) is 48.5 Å². The van der Waals surface area contributed by atoms with E-state index in [9.17, 15) is 9.59 Å². The molecular weight excluding hydrogens is 360 g/mol. The van der Waals surface area contributed by atoms with Crippen molar-refractivity contribution in [3.05, 3.63) is 76.5 Å². The highest BCUT2D eigenvalue weighted by Crippen LogP contribution is 2.18. The molecule has 27 heavy (non-hydrogen) atoms. The lowest BCUT2D eigenvalue weighted by atomic mass is 10.2. The minimum Gasteiger partial charge on any atom is -0.494 e. The van der Waals surface area contributed by atoms with Crippen LogP contribution in [0.1, 0.15) is 33.4 Å². The number of amides is 2. The van der Waals surface area contributed by atoms with Gasteiger partial charge in [0.2, 0.25) is 0 Å². The van der Waals surface area contributed by atoms with Crippen molar-refractivity contribution in [1.29, 1.82) is 0 Å². The number of benzene rings is 2. The summed E-state index contributed by atoms with van der Waals surface area (Å²) >= 11 is 1.39. The van der Waals surface area contributed by atoms with Crippen molar-refractivity contribution in [2.24, 2.45) is 0 Å². The van der Waals surface area contributed by atoms with Gasteiger partial charge in [-0.05, 0) is 60.3 Å². The Morgan fingerprint density at radius 3 is 2.26 bits per heavy atom. The number of carbonyl (C=O) groups is 2. The van der Waals surface area contributed by atoms with Crippen LogP contribution in [0.4, 0.5) is 11.4 Å². The van der Waals surface area contributed by atoms with Crippen LogP contribution in [-0.2, 0) is 0 Å². The van der Waals surface area contributed by atoms with Gasteiger partial charge in [0.25, 0.3) is 11.8 Å². The molecule has 0 aliphatic carbocycles. The third-order valence-corrected chi connectivity index (χ3v) is 4.58. The molecular formula is C21H20N2O3S. The summed E-state index contributed by atoms with van der Waals surface area (Å²) in [5.74, 6) is 0.314. The maximum Gasteiger partial charge on any atom is 0.265 e. The molecule has 1 heterocycles. The van der Waals surface area contributed by atoms with Crippen LogP contribution in [0.3, 0.4) is 0 Å². The first-order chi connectivity index (χ1) is 13.2. The summed E-state index contributed by atoms with van der Waals surface area (Å²) in [6.07, 6.45) is 0.909. The molecule has 5 nitrogen and oxygen atoms in total. The minimum absolute atomic E-state index is 0.148. The predicted molar refractivity (Wildman–Crippen MR) is 109 cm³/mol. The quantitative estimate of drug-likeness (QED) is 0.603. The van der Waals surface area contributed by atoms with E-state index in [0.29, 0.717) is 34.2 Å². The van der Waals surface area contributed by atoms with E-state index in [0.717, 1.165) is 6.42 Å². The molecule has 2 amide bonds. The van der Waals surface area contributed by atoms with Gasteiger partial charge in [-0.3, -0.25) is 9.59 Å². The third kappa shape index (κ3) is 5.18. The first-order valence-electron chi connectivity index (χ1n) is 8.65. The van der Waals surface area contributed by atoms with Gasteiger partial charge in [0.1, 0.15) is 5.75 Å². The smallest absolute Gasteiger partial charge is 0.265 e. The SMILES string of the molecule is CCCOc1cccc(C(=O)Nc2ccc(NC(=O)c3cccs3)cc2)c1. The van der Waals surface area contributed by atoms with E-state index in [2.05, 4.69) is 10.6 Å². The van der Waals surface area contributed by atoms with Crippen LogP contribution in [0.5, 0.6) is 5.75 Å². The molecule has 0 unspecified atom stereocenters. The van der Waals surface area contributed by atoms with Crippen LogP contribution in [0, 0.1) is 0 Å². The van der Waals surface area contributed by atoms with Crippen LogP contribution >= 0.6 is 11.3 Å². The van der Waals surface area contributed by atoms with Gasteiger partial charge in [-0.25, -0.2) is 0 Å². The summed E-state index contributed by atoms with van der Waals surface area (Å²) in [5, 5.41) is 7.53. The zero-order valence-electron chi connectivity index (χ0n) is 14.9. The first kappa shape index (κ1) is 18.7. The highest BCUT2D eigenvalue weighted by atomic mass is 32.1. The van der Waals surface area contributed by atoms with Crippen LogP contribution in [-0.4, -0.2) is 18.4 Å². The number of carbonyl (C=O) groups excluding carboxylic acids is 2. The fourth-order valence-corrected chi connectivity index (χ4v) is 3.01. The van der Waals surface area contributed by atoms with Crippen molar-refractivity contribution < 1.29 is 14.3 Å². The molecule has 2 aromatic carbocycles. The molecule has 0 fully saturated rings. The molecule has 2 N–H and O–H groups in total. The van der Waals surface area contributed by atoms with Crippen molar-refractivity contribution in [2.45, 2.75) is 13.3 Å². The van der Waals surface area contributed by atoms with Crippen LogP contribution in [0.25, 0.3) is 0 Å². The van der Waals surface area contributed by atoms with E-state index in [4.69, 9.17) is 4.74 Å². The fourth-order valence-electron chi connectivity index (χ4n) is 2.39. The van der Waals surface area contributed by atoms with Crippen molar-refractivity contribution in [3.63, 3.8) is 0 Å². The van der Waals surface area contributed by atoms with Crippen molar-refractivity contribution in [2.75, 3.05) is 17.2 Å². The minimum atomic E-state index is -0.215. The van der Waals surface area contributed by atoms with Gasteiger partial charge >= 0.3 is 0 Å². The molecule has 0 atom stereocenters. The number of rotatable bonds is 7. The van der Waals surface area contributed by atoms with Gasteiger partial charge in [-0.1, -0.05) is 19.1 Å². The number of anilines is 2. The molecule has 0 spiro atoms. The Kier molecular flexibility index (Phi) is 6.22. The second-order valence-corrected chi connectivity index (χ2v) is 6.79. The van der Waals surface area contributed by atoms with Gasteiger partial charge in [0.05, 0.1) is 11.5 Å². The number of nitrogens with one attached hydrogen (secondary N) is 2. The Bertz CT molecular complexity index is 905. The monoisotopic (exact) mass is 380 g/mol. The summed E-state index contributed by atoms with van der Waals surface area (Å²) in [5.41, 5.74) is 1.84. The van der Waals surface area contributed by atoms with Gasteiger partial charge in [-0.15, -0.1) is 11.3 Å².